The summed E-state index contributed by atoms with van der Waals surface area (Å²) in [6.07, 6.45) is 5.04. The van der Waals surface area contributed by atoms with Gasteiger partial charge in [0.05, 0.1) is 0 Å². The first-order chi connectivity index (χ1) is 7.60. The molecule has 0 aromatic heterocycles. The van der Waals surface area contributed by atoms with Crippen LogP contribution in [0.2, 0.25) is 0 Å². The van der Waals surface area contributed by atoms with Crippen LogP contribution in [0.5, 0.6) is 0 Å². The van der Waals surface area contributed by atoms with Crippen LogP contribution in [0.3, 0.4) is 0 Å². The van der Waals surface area contributed by atoms with E-state index in [-0.39, 0.29) is 18.4 Å². The second-order valence-corrected chi connectivity index (χ2v) is 6.66. The molecule has 102 valence electrons. The third-order valence-corrected chi connectivity index (χ3v) is 5.41. The summed E-state index contributed by atoms with van der Waals surface area (Å²) in [5.41, 5.74) is 5.76. The van der Waals surface area contributed by atoms with Gasteiger partial charge in [0.1, 0.15) is 0 Å². The molecule has 2 aliphatic rings. The zero-order valence-electron chi connectivity index (χ0n) is 10.0. The van der Waals surface area contributed by atoms with Crippen LogP contribution in [0, 0.1) is 0 Å². The largest absolute Gasteiger partial charge is 0.326 e. The van der Waals surface area contributed by atoms with Gasteiger partial charge in [-0.25, -0.2) is 0 Å². The summed E-state index contributed by atoms with van der Waals surface area (Å²) in [5.74, 6) is 0. The van der Waals surface area contributed by atoms with Crippen LogP contribution in [-0.4, -0.2) is 49.2 Å². The van der Waals surface area contributed by atoms with E-state index in [1.807, 2.05) is 0 Å². The predicted octanol–water partition coefficient (Wildman–Crippen LogP) is 0.562. The Kier molecular flexibility index (Phi) is 5.66. The van der Waals surface area contributed by atoms with Crippen LogP contribution in [0.1, 0.15) is 32.1 Å². The third kappa shape index (κ3) is 3.54. The first kappa shape index (κ1) is 15.2. The minimum absolute atomic E-state index is 0. The monoisotopic (exact) mass is 283 g/mol. The van der Waals surface area contributed by atoms with Crippen molar-refractivity contribution in [2.75, 3.05) is 26.2 Å². The fourth-order valence-electron chi connectivity index (χ4n) is 2.40. The van der Waals surface area contributed by atoms with Gasteiger partial charge in [-0.1, -0.05) is 12.8 Å². The molecule has 2 N–H and O–H groups in total. The molecule has 17 heavy (non-hydrogen) atoms. The van der Waals surface area contributed by atoms with E-state index in [2.05, 4.69) is 0 Å². The van der Waals surface area contributed by atoms with Crippen molar-refractivity contribution in [3.05, 3.63) is 0 Å². The Hall–Kier alpha value is 0.120. The van der Waals surface area contributed by atoms with Gasteiger partial charge < -0.3 is 5.73 Å². The van der Waals surface area contributed by atoms with Crippen molar-refractivity contribution in [1.82, 2.24) is 8.61 Å². The molecule has 0 spiro atoms. The molecule has 0 radical (unpaired) electrons. The molecule has 2 heterocycles. The first-order valence-electron chi connectivity index (χ1n) is 6.11. The van der Waals surface area contributed by atoms with Crippen LogP contribution in [0.25, 0.3) is 0 Å². The Labute approximate surface area is 110 Å². The number of rotatable bonds is 2. The second-order valence-electron chi connectivity index (χ2n) is 4.73. The van der Waals surface area contributed by atoms with E-state index in [9.17, 15) is 8.42 Å². The second kappa shape index (κ2) is 6.33. The van der Waals surface area contributed by atoms with Gasteiger partial charge in [0.15, 0.2) is 0 Å². The fraction of sp³-hybridized carbons (Fsp3) is 1.00. The molecule has 1 atom stereocenters. The molecular weight excluding hydrogens is 262 g/mol. The topological polar surface area (TPSA) is 66.6 Å². The molecule has 1 unspecified atom stereocenters. The normalized spacial score (nSPS) is 28.6. The molecule has 2 fully saturated rings. The summed E-state index contributed by atoms with van der Waals surface area (Å²) in [6.45, 7) is 2.42. The molecule has 0 aromatic rings. The van der Waals surface area contributed by atoms with Crippen molar-refractivity contribution in [1.29, 1.82) is 0 Å². The van der Waals surface area contributed by atoms with Gasteiger partial charge in [0.2, 0.25) is 0 Å². The van der Waals surface area contributed by atoms with Gasteiger partial charge in [-0.3, -0.25) is 0 Å². The van der Waals surface area contributed by atoms with Gasteiger partial charge in [0, 0.05) is 32.2 Å². The molecule has 0 aromatic carbocycles. The highest BCUT2D eigenvalue weighted by Gasteiger charge is 2.34. The maximum absolute atomic E-state index is 12.3. The van der Waals surface area contributed by atoms with Crippen LogP contribution >= 0.6 is 12.4 Å². The van der Waals surface area contributed by atoms with E-state index >= 15 is 0 Å². The summed E-state index contributed by atoms with van der Waals surface area (Å²) in [5, 5.41) is 0. The zero-order valence-corrected chi connectivity index (χ0v) is 11.7. The van der Waals surface area contributed by atoms with Crippen molar-refractivity contribution in [2.45, 2.75) is 38.1 Å². The van der Waals surface area contributed by atoms with E-state index < -0.39 is 10.2 Å². The van der Waals surface area contributed by atoms with E-state index in [0.29, 0.717) is 26.2 Å². The standard InChI is InChI=1S/C10H21N3O2S.ClH/c11-10-5-8-13(9-10)16(14,15)12-6-3-1-2-4-7-12;/h10H,1-9,11H2;1H. The quantitative estimate of drug-likeness (QED) is 0.805. The van der Waals surface area contributed by atoms with Crippen LogP contribution < -0.4 is 5.73 Å². The molecule has 0 aliphatic carbocycles. The lowest BCUT2D eigenvalue weighted by Gasteiger charge is -2.25. The lowest BCUT2D eigenvalue weighted by molar-refractivity contribution is 0.365. The highest BCUT2D eigenvalue weighted by atomic mass is 35.5. The first-order valence-corrected chi connectivity index (χ1v) is 7.51. The Balaban J connectivity index is 0.00000144. The molecular formula is C10H22ClN3O2S. The van der Waals surface area contributed by atoms with Gasteiger partial charge in [-0.05, 0) is 19.3 Å². The van der Waals surface area contributed by atoms with Crippen molar-refractivity contribution >= 4 is 22.6 Å². The number of hydrogen-bond acceptors (Lipinski definition) is 3. The maximum atomic E-state index is 12.3. The van der Waals surface area contributed by atoms with Crippen molar-refractivity contribution in [3.63, 3.8) is 0 Å². The Morgan fingerprint density at radius 1 is 0.941 bits per heavy atom. The fourth-order valence-corrected chi connectivity index (χ4v) is 4.16. The smallest absolute Gasteiger partial charge is 0.282 e. The minimum Gasteiger partial charge on any atom is -0.326 e. The molecule has 2 aliphatic heterocycles. The molecule has 0 amide bonds. The highest BCUT2D eigenvalue weighted by molar-refractivity contribution is 7.86. The Bertz CT molecular complexity index is 328. The van der Waals surface area contributed by atoms with Gasteiger partial charge in [-0.2, -0.15) is 17.0 Å². The number of nitrogens with zero attached hydrogens (tertiary/aromatic N) is 2. The van der Waals surface area contributed by atoms with E-state index in [0.717, 1.165) is 32.1 Å². The molecule has 7 heteroatoms. The van der Waals surface area contributed by atoms with Gasteiger partial charge in [-0.15, -0.1) is 12.4 Å². The third-order valence-electron chi connectivity index (χ3n) is 3.41. The Morgan fingerprint density at radius 2 is 1.53 bits per heavy atom. The molecule has 5 nitrogen and oxygen atoms in total. The average Bonchev–Trinajstić information content (AvgIpc) is 2.54. The van der Waals surface area contributed by atoms with Crippen LogP contribution in [0.15, 0.2) is 0 Å². The summed E-state index contributed by atoms with van der Waals surface area (Å²) >= 11 is 0. The van der Waals surface area contributed by atoms with E-state index in [1.165, 1.54) is 0 Å². The average molecular weight is 284 g/mol. The van der Waals surface area contributed by atoms with Gasteiger partial charge >= 0.3 is 0 Å². The Morgan fingerprint density at radius 3 is 2.00 bits per heavy atom. The molecule has 2 rings (SSSR count). The molecule has 0 bridgehead atoms. The highest BCUT2D eigenvalue weighted by Crippen LogP contribution is 2.19. The summed E-state index contributed by atoms with van der Waals surface area (Å²) in [7, 11) is -3.23. The van der Waals surface area contributed by atoms with E-state index in [4.69, 9.17) is 5.73 Å². The van der Waals surface area contributed by atoms with Crippen molar-refractivity contribution in [2.24, 2.45) is 5.73 Å². The number of hydrogen-bond donors (Lipinski definition) is 1. The van der Waals surface area contributed by atoms with Crippen molar-refractivity contribution in [3.8, 4) is 0 Å². The predicted molar refractivity (Wildman–Crippen MR) is 70.4 cm³/mol. The van der Waals surface area contributed by atoms with Crippen molar-refractivity contribution < 1.29 is 8.42 Å². The summed E-state index contributed by atoms with van der Waals surface area (Å²) in [4.78, 5) is 0. The van der Waals surface area contributed by atoms with Crippen LogP contribution in [-0.2, 0) is 10.2 Å². The van der Waals surface area contributed by atoms with Crippen LogP contribution in [0.4, 0.5) is 0 Å². The lowest BCUT2D eigenvalue weighted by Crippen LogP contribution is -2.44. The molecule has 0 saturated carbocycles. The van der Waals surface area contributed by atoms with Gasteiger partial charge in [0.25, 0.3) is 10.2 Å². The number of nitrogens with two attached hydrogens (primary N) is 1. The molecule has 2 saturated heterocycles. The lowest BCUT2D eigenvalue weighted by atomic mass is 10.2. The zero-order chi connectivity index (χ0) is 11.6. The summed E-state index contributed by atoms with van der Waals surface area (Å²) in [6, 6.07) is 0.0155. The number of halogens is 1. The minimum atomic E-state index is -3.23. The van der Waals surface area contributed by atoms with E-state index in [1.54, 1.807) is 8.61 Å². The SMILES string of the molecule is Cl.NC1CCN(S(=O)(=O)N2CCCCCC2)C1. The summed E-state index contributed by atoms with van der Waals surface area (Å²) < 4.78 is 27.7. The maximum Gasteiger partial charge on any atom is 0.282 e.